The van der Waals surface area contributed by atoms with Crippen LogP contribution >= 0.6 is 0 Å². The molecule has 0 amide bonds. The van der Waals surface area contributed by atoms with Gasteiger partial charge in [-0.25, -0.2) is 0 Å². The van der Waals surface area contributed by atoms with E-state index < -0.39 is 0 Å². The van der Waals surface area contributed by atoms with Crippen molar-refractivity contribution in [3.63, 3.8) is 0 Å². The maximum absolute atomic E-state index is 3.52. The highest BCUT2D eigenvalue weighted by molar-refractivity contribution is 4.66. The van der Waals surface area contributed by atoms with Gasteiger partial charge in [0.05, 0.1) is 0 Å². The Morgan fingerprint density at radius 3 is 2.25 bits per heavy atom. The molecule has 0 aromatic carbocycles. The minimum absolute atomic E-state index is 0.629. The lowest BCUT2D eigenvalue weighted by atomic mass is 10.2. The van der Waals surface area contributed by atoms with Gasteiger partial charge in [-0.05, 0) is 34.4 Å². The molecule has 0 aliphatic rings. The zero-order chi connectivity index (χ0) is 9.56. The van der Waals surface area contributed by atoms with E-state index in [-0.39, 0.29) is 0 Å². The van der Waals surface area contributed by atoms with Crippen molar-refractivity contribution in [2.45, 2.75) is 45.7 Å². The molecule has 0 aromatic heterocycles. The monoisotopic (exact) mass is 172 g/mol. The molecule has 0 bridgehead atoms. The van der Waals surface area contributed by atoms with Gasteiger partial charge in [-0.2, -0.15) is 0 Å². The molecule has 1 N–H and O–H groups in total. The second-order valence-corrected chi connectivity index (χ2v) is 3.91. The molecular formula is C10H24N2. The molecule has 0 saturated carbocycles. The van der Waals surface area contributed by atoms with Gasteiger partial charge in [0.15, 0.2) is 0 Å². The third-order valence-corrected chi connectivity index (χ3v) is 2.36. The lowest BCUT2D eigenvalue weighted by Crippen LogP contribution is -2.39. The van der Waals surface area contributed by atoms with Crippen molar-refractivity contribution in [3.05, 3.63) is 0 Å². The summed E-state index contributed by atoms with van der Waals surface area (Å²) in [7, 11) is 4.24. The minimum atomic E-state index is 0.629. The molecule has 0 aliphatic heterocycles. The first-order valence-electron chi connectivity index (χ1n) is 4.97. The van der Waals surface area contributed by atoms with Gasteiger partial charge in [0.1, 0.15) is 0 Å². The van der Waals surface area contributed by atoms with Gasteiger partial charge in [-0.3, -0.25) is 0 Å². The van der Waals surface area contributed by atoms with Crippen molar-refractivity contribution >= 4 is 0 Å². The fourth-order valence-electron chi connectivity index (χ4n) is 1.09. The van der Waals surface area contributed by atoms with Gasteiger partial charge in [0.2, 0.25) is 0 Å². The Balaban J connectivity index is 3.40. The summed E-state index contributed by atoms with van der Waals surface area (Å²) in [6, 6.07) is 1.29. The van der Waals surface area contributed by atoms with Crippen LogP contribution in [0, 0.1) is 0 Å². The van der Waals surface area contributed by atoms with Gasteiger partial charge in [0.25, 0.3) is 0 Å². The highest BCUT2D eigenvalue weighted by Gasteiger charge is 2.05. The van der Waals surface area contributed by atoms with Gasteiger partial charge in [0, 0.05) is 18.6 Å². The summed E-state index contributed by atoms with van der Waals surface area (Å²) in [5.74, 6) is 0. The molecule has 2 unspecified atom stereocenters. The second-order valence-electron chi connectivity index (χ2n) is 3.91. The summed E-state index contributed by atoms with van der Waals surface area (Å²) in [5, 5.41) is 3.52. The summed E-state index contributed by atoms with van der Waals surface area (Å²) in [4.78, 5) is 2.24. The van der Waals surface area contributed by atoms with Crippen LogP contribution in [-0.4, -0.2) is 37.6 Å². The zero-order valence-corrected chi connectivity index (χ0v) is 9.22. The minimum Gasteiger partial charge on any atom is -0.313 e. The predicted octanol–water partition coefficient (Wildman–Crippen LogP) is 1.71. The summed E-state index contributed by atoms with van der Waals surface area (Å²) in [6.07, 6.45) is 2.55. The summed E-state index contributed by atoms with van der Waals surface area (Å²) in [6.45, 7) is 7.82. The third kappa shape index (κ3) is 5.56. The molecule has 0 spiro atoms. The molecule has 0 aliphatic carbocycles. The molecule has 0 fully saturated rings. The van der Waals surface area contributed by atoms with Gasteiger partial charge in [-0.1, -0.05) is 13.3 Å². The topological polar surface area (TPSA) is 15.3 Å². The normalized spacial score (nSPS) is 16.5. The average Bonchev–Trinajstić information content (AvgIpc) is 2.00. The van der Waals surface area contributed by atoms with E-state index in [9.17, 15) is 0 Å². The molecule has 2 atom stereocenters. The van der Waals surface area contributed by atoms with E-state index >= 15 is 0 Å². The van der Waals surface area contributed by atoms with Crippen LogP contribution in [0.3, 0.4) is 0 Å². The number of likely N-dealkylation sites (N-methyl/N-ethyl adjacent to an activating group) is 1. The molecule has 74 valence electrons. The highest BCUT2D eigenvalue weighted by Crippen LogP contribution is 1.96. The van der Waals surface area contributed by atoms with E-state index in [4.69, 9.17) is 0 Å². The number of nitrogens with one attached hydrogen (secondary N) is 1. The van der Waals surface area contributed by atoms with E-state index in [1.807, 2.05) is 0 Å². The fourth-order valence-corrected chi connectivity index (χ4v) is 1.09. The summed E-state index contributed by atoms with van der Waals surface area (Å²) < 4.78 is 0. The van der Waals surface area contributed by atoms with Crippen LogP contribution in [-0.2, 0) is 0 Å². The van der Waals surface area contributed by atoms with Crippen LogP contribution in [0.4, 0.5) is 0 Å². The molecule has 12 heavy (non-hydrogen) atoms. The zero-order valence-electron chi connectivity index (χ0n) is 9.22. The van der Waals surface area contributed by atoms with Crippen molar-refractivity contribution in [3.8, 4) is 0 Å². The summed E-state index contributed by atoms with van der Waals surface area (Å²) >= 11 is 0. The number of hydrogen-bond acceptors (Lipinski definition) is 2. The van der Waals surface area contributed by atoms with Crippen molar-refractivity contribution in [2.75, 3.05) is 20.6 Å². The van der Waals surface area contributed by atoms with E-state index in [2.05, 4.69) is 45.1 Å². The molecular weight excluding hydrogens is 148 g/mol. The van der Waals surface area contributed by atoms with Gasteiger partial charge >= 0.3 is 0 Å². The third-order valence-electron chi connectivity index (χ3n) is 2.36. The lowest BCUT2D eigenvalue weighted by molar-refractivity contribution is 0.293. The van der Waals surface area contributed by atoms with Crippen LogP contribution in [0.2, 0.25) is 0 Å². The van der Waals surface area contributed by atoms with Crippen LogP contribution in [0.25, 0.3) is 0 Å². The Labute approximate surface area is 77.3 Å². The molecule has 2 heteroatoms. The van der Waals surface area contributed by atoms with Crippen molar-refractivity contribution in [1.29, 1.82) is 0 Å². The Hall–Kier alpha value is -0.0800. The number of rotatable bonds is 6. The van der Waals surface area contributed by atoms with Crippen LogP contribution in [0.15, 0.2) is 0 Å². The number of nitrogens with zero attached hydrogens (tertiary/aromatic N) is 1. The van der Waals surface area contributed by atoms with Crippen LogP contribution < -0.4 is 5.32 Å². The Morgan fingerprint density at radius 2 is 1.83 bits per heavy atom. The first-order chi connectivity index (χ1) is 5.57. The SMILES string of the molecule is CCCC(C)NCC(C)N(C)C. The summed E-state index contributed by atoms with van der Waals surface area (Å²) in [5.41, 5.74) is 0. The van der Waals surface area contributed by atoms with E-state index in [1.165, 1.54) is 12.8 Å². The standard InChI is InChI=1S/C10H24N2/c1-6-7-9(2)11-8-10(3)12(4)5/h9-11H,6-8H2,1-5H3. The van der Waals surface area contributed by atoms with Crippen molar-refractivity contribution in [2.24, 2.45) is 0 Å². The fraction of sp³-hybridized carbons (Fsp3) is 1.00. The maximum Gasteiger partial charge on any atom is 0.0186 e. The molecule has 0 heterocycles. The smallest absolute Gasteiger partial charge is 0.0186 e. The molecule has 0 radical (unpaired) electrons. The van der Waals surface area contributed by atoms with E-state index in [1.54, 1.807) is 0 Å². The Bertz CT molecular complexity index is 102. The molecule has 2 nitrogen and oxygen atoms in total. The second kappa shape index (κ2) is 6.44. The Morgan fingerprint density at radius 1 is 1.25 bits per heavy atom. The molecule has 0 saturated heterocycles. The predicted molar refractivity (Wildman–Crippen MR) is 55.5 cm³/mol. The van der Waals surface area contributed by atoms with Crippen LogP contribution in [0.1, 0.15) is 33.6 Å². The van der Waals surface area contributed by atoms with Gasteiger partial charge in [-0.15, -0.1) is 0 Å². The molecule has 0 aromatic rings. The average molecular weight is 172 g/mol. The van der Waals surface area contributed by atoms with Gasteiger partial charge < -0.3 is 10.2 Å². The first kappa shape index (κ1) is 11.9. The van der Waals surface area contributed by atoms with E-state index in [0.717, 1.165) is 6.54 Å². The largest absolute Gasteiger partial charge is 0.313 e. The van der Waals surface area contributed by atoms with Crippen molar-refractivity contribution in [1.82, 2.24) is 10.2 Å². The number of hydrogen-bond donors (Lipinski definition) is 1. The van der Waals surface area contributed by atoms with Crippen molar-refractivity contribution < 1.29 is 0 Å². The first-order valence-corrected chi connectivity index (χ1v) is 4.97. The molecule has 0 rings (SSSR count). The van der Waals surface area contributed by atoms with E-state index in [0.29, 0.717) is 12.1 Å². The van der Waals surface area contributed by atoms with Crippen LogP contribution in [0.5, 0.6) is 0 Å². The highest BCUT2D eigenvalue weighted by atomic mass is 15.1. The maximum atomic E-state index is 3.52. The quantitative estimate of drug-likeness (QED) is 0.656. The Kier molecular flexibility index (Phi) is 6.39. The lowest BCUT2D eigenvalue weighted by Gasteiger charge is -2.22.